The van der Waals surface area contributed by atoms with Crippen molar-refractivity contribution in [1.29, 1.82) is 0 Å². The van der Waals surface area contributed by atoms with Crippen LogP contribution in [0.4, 0.5) is 0 Å². The molecule has 2 unspecified atom stereocenters. The molecule has 0 spiro atoms. The molecule has 0 fully saturated rings. The predicted molar refractivity (Wildman–Crippen MR) is 86.8 cm³/mol. The van der Waals surface area contributed by atoms with Crippen molar-refractivity contribution in [1.82, 2.24) is 10.3 Å². The van der Waals surface area contributed by atoms with Crippen molar-refractivity contribution < 1.29 is 4.63 Å². The first kappa shape index (κ1) is 15.7. The highest BCUT2D eigenvalue weighted by Gasteiger charge is 2.24. The van der Waals surface area contributed by atoms with E-state index in [1.54, 1.807) is 0 Å². The third kappa shape index (κ3) is 3.72. The van der Waals surface area contributed by atoms with Crippen molar-refractivity contribution in [2.75, 3.05) is 0 Å². The van der Waals surface area contributed by atoms with Gasteiger partial charge in [0.05, 0.1) is 0 Å². The van der Waals surface area contributed by atoms with Gasteiger partial charge in [-0.3, -0.25) is 0 Å². The zero-order valence-corrected chi connectivity index (χ0v) is 13.8. The highest BCUT2D eigenvalue weighted by atomic mass is 16.6. The molecule has 0 saturated carbocycles. The first-order valence-electron chi connectivity index (χ1n) is 7.77. The minimum absolute atomic E-state index is 0.206. The lowest BCUT2D eigenvalue weighted by Crippen LogP contribution is -2.17. The van der Waals surface area contributed by atoms with Gasteiger partial charge >= 0.3 is 0 Å². The van der Waals surface area contributed by atoms with Crippen LogP contribution < -0.4 is 0 Å². The molecule has 2 rings (SSSR count). The Morgan fingerprint density at radius 2 is 2.10 bits per heavy atom. The molecule has 0 saturated heterocycles. The lowest BCUT2D eigenvalue weighted by molar-refractivity contribution is 0.280. The molecule has 0 N–H and O–H groups in total. The molecule has 2 atom stereocenters. The zero-order valence-electron chi connectivity index (χ0n) is 13.8. The molecule has 1 heterocycles. The fourth-order valence-corrected chi connectivity index (χ4v) is 2.80. The van der Waals surface area contributed by atoms with Crippen molar-refractivity contribution in [3.8, 4) is 0 Å². The summed E-state index contributed by atoms with van der Waals surface area (Å²) in [5.41, 5.74) is 3.37. The van der Waals surface area contributed by atoms with Crippen LogP contribution in [0.25, 0.3) is 6.08 Å². The molecule has 1 aliphatic rings. The quantitative estimate of drug-likeness (QED) is 0.771. The Labute approximate surface area is 127 Å². The number of aromatic nitrogens is 2. The number of nitrogens with zero attached hydrogens (tertiary/aromatic N) is 2. The van der Waals surface area contributed by atoms with Crippen LogP contribution in [-0.4, -0.2) is 10.3 Å². The van der Waals surface area contributed by atoms with Gasteiger partial charge in [0.15, 0.2) is 0 Å². The van der Waals surface area contributed by atoms with Crippen molar-refractivity contribution in [3.05, 3.63) is 41.3 Å². The third-order valence-electron chi connectivity index (χ3n) is 4.27. The van der Waals surface area contributed by atoms with Gasteiger partial charge in [0.25, 0.3) is 0 Å². The van der Waals surface area contributed by atoms with E-state index in [2.05, 4.69) is 56.2 Å². The van der Waals surface area contributed by atoms with E-state index in [1.165, 1.54) is 12.0 Å². The Morgan fingerprint density at radius 1 is 1.33 bits per heavy atom. The maximum Gasteiger partial charge on any atom is 0.131 e. The van der Waals surface area contributed by atoms with E-state index in [-0.39, 0.29) is 5.92 Å². The number of rotatable bonds is 3. The van der Waals surface area contributed by atoms with Crippen LogP contribution in [0.3, 0.4) is 0 Å². The second kappa shape index (κ2) is 6.42. The van der Waals surface area contributed by atoms with E-state index in [4.69, 9.17) is 4.63 Å². The van der Waals surface area contributed by atoms with E-state index in [9.17, 15) is 0 Å². The Balaban J connectivity index is 2.21. The molecule has 1 aromatic rings. The molecular formula is C18H26N2O. The summed E-state index contributed by atoms with van der Waals surface area (Å²) in [6.45, 7) is 11.1. The lowest BCUT2D eigenvalue weighted by atomic mass is 9.78. The standard InChI is InChI=1S/C18H26N2O/c1-6-8-16-17(20-21-19-16)13(2)14-9-7-10-15(12-11-14)18(3,4)5/h6,8-9,11-13,15H,7,10H2,1-5H3/b8-6-. The van der Waals surface area contributed by atoms with E-state index in [0.29, 0.717) is 11.3 Å². The average Bonchev–Trinajstić information content (AvgIpc) is 2.72. The van der Waals surface area contributed by atoms with Gasteiger partial charge in [-0.05, 0) is 42.7 Å². The molecule has 1 aliphatic carbocycles. The summed E-state index contributed by atoms with van der Waals surface area (Å²) >= 11 is 0. The number of hydrogen-bond acceptors (Lipinski definition) is 3. The Kier molecular flexibility index (Phi) is 4.81. The first-order chi connectivity index (χ1) is 9.93. The summed E-state index contributed by atoms with van der Waals surface area (Å²) in [6, 6.07) is 0. The van der Waals surface area contributed by atoms with Gasteiger partial charge in [-0.1, -0.05) is 62.3 Å². The monoisotopic (exact) mass is 286 g/mol. The van der Waals surface area contributed by atoms with Crippen LogP contribution >= 0.6 is 0 Å². The molecule has 0 amide bonds. The summed E-state index contributed by atoms with van der Waals surface area (Å²) in [5.74, 6) is 0.821. The third-order valence-corrected chi connectivity index (χ3v) is 4.27. The molecule has 1 aromatic heterocycles. The Hall–Kier alpha value is -1.64. The van der Waals surface area contributed by atoms with Crippen LogP contribution in [-0.2, 0) is 0 Å². The van der Waals surface area contributed by atoms with Crippen LogP contribution in [0.2, 0.25) is 0 Å². The summed E-state index contributed by atoms with van der Waals surface area (Å²) < 4.78 is 4.91. The van der Waals surface area contributed by atoms with Crippen molar-refractivity contribution in [2.45, 2.75) is 53.4 Å². The van der Waals surface area contributed by atoms with Crippen LogP contribution in [0.15, 0.2) is 34.5 Å². The maximum atomic E-state index is 4.91. The second-order valence-corrected chi connectivity index (χ2v) is 6.87. The van der Waals surface area contributed by atoms with Gasteiger partial charge in [0.2, 0.25) is 0 Å². The number of allylic oxidation sites excluding steroid dienone is 5. The predicted octanol–water partition coefficient (Wildman–Crippen LogP) is 5.14. The molecule has 0 radical (unpaired) electrons. The minimum Gasteiger partial charge on any atom is -0.244 e. The Bertz CT molecular complexity index is 558. The largest absolute Gasteiger partial charge is 0.244 e. The van der Waals surface area contributed by atoms with Gasteiger partial charge < -0.3 is 0 Å². The summed E-state index contributed by atoms with van der Waals surface area (Å²) in [5, 5.41) is 8.07. The van der Waals surface area contributed by atoms with Crippen LogP contribution in [0, 0.1) is 11.3 Å². The van der Waals surface area contributed by atoms with Crippen molar-refractivity contribution in [2.24, 2.45) is 11.3 Å². The van der Waals surface area contributed by atoms with E-state index >= 15 is 0 Å². The fraction of sp³-hybridized carbons (Fsp3) is 0.556. The molecular weight excluding hydrogens is 260 g/mol. The smallest absolute Gasteiger partial charge is 0.131 e. The minimum atomic E-state index is 0.206. The fourth-order valence-electron chi connectivity index (χ4n) is 2.80. The molecule has 0 aromatic carbocycles. The summed E-state index contributed by atoms with van der Waals surface area (Å²) in [6.07, 6.45) is 13.2. The van der Waals surface area contributed by atoms with Gasteiger partial charge in [0, 0.05) is 5.92 Å². The van der Waals surface area contributed by atoms with Gasteiger partial charge in [-0.25, -0.2) is 4.63 Å². The molecule has 3 heteroatoms. The van der Waals surface area contributed by atoms with Crippen LogP contribution in [0.5, 0.6) is 0 Å². The van der Waals surface area contributed by atoms with E-state index in [0.717, 1.165) is 17.8 Å². The maximum absolute atomic E-state index is 4.91. The highest BCUT2D eigenvalue weighted by Crippen LogP contribution is 2.35. The van der Waals surface area contributed by atoms with Gasteiger partial charge in [0.1, 0.15) is 11.4 Å². The molecule has 0 bridgehead atoms. The number of hydrogen-bond donors (Lipinski definition) is 0. The first-order valence-corrected chi connectivity index (χ1v) is 7.77. The summed E-state index contributed by atoms with van der Waals surface area (Å²) in [4.78, 5) is 0. The SMILES string of the molecule is C/C=C\c1nonc1C(C)C1=CCCC(C(C)(C)C)C=C1. The molecule has 114 valence electrons. The van der Waals surface area contributed by atoms with E-state index < -0.39 is 0 Å². The molecule has 3 nitrogen and oxygen atoms in total. The molecule has 21 heavy (non-hydrogen) atoms. The van der Waals surface area contributed by atoms with E-state index in [1.807, 2.05) is 19.1 Å². The lowest BCUT2D eigenvalue weighted by Gasteiger charge is -2.27. The van der Waals surface area contributed by atoms with Crippen molar-refractivity contribution >= 4 is 6.08 Å². The normalized spacial score (nSPS) is 21.4. The molecule has 0 aliphatic heterocycles. The average molecular weight is 286 g/mol. The van der Waals surface area contributed by atoms with Crippen LogP contribution in [0.1, 0.15) is 64.8 Å². The topological polar surface area (TPSA) is 38.9 Å². The van der Waals surface area contributed by atoms with Gasteiger partial charge in [-0.15, -0.1) is 0 Å². The van der Waals surface area contributed by atoms with Gasteiger partial charge in [-0.2, -0.15) is 0 Å². The van der Waals surface area contributed by atoms with Crippen molar-refractivity contribution in [3.63, 3.8) is 0 Å². The highest BCUT2D eigenvalue weighted by molar-refractivity contribution is 5.49. The summed E-state index contributed by atoms with van der Waals surface area (Å²) in [7, 11) is 0. The second-order valence-electron chi connectivity index (χ2n) is 6.87. The zero-order chi connectivity index (χ0) is 15.5. The Morgan fingerprint density at radius 3 is 2.76 bits per heavy atom.